The monoisotopic (exact) mass is 210 g/mol. The third-order valence-electron chi connectivity index (χ3n) is 4.63. The van der Waals surface area contributed by atoms with E-state index in [9.17, 15) is 0 Å². The van der Waals surface area contributed by atoms with Gasteiger partial charge in [-0.05, 0) is 45.6 Å². The van der Waals surface area contributed by atoms with Crippen molar-refractivity contribution in [2.75, 3.05) is 7.05 Å². The molecule has 2 rings (SSSR count). The summed E-state index contributed by atoms with van der Waals surface area (Å²) >= 11 is 0. The summed E-state index contributed by atoms with van der Waals surface area (Å²) in [5.41, 5.74) is 0. The van der Waals surface area contributed by atoms with Gasteiger partial charge in [0.2, 0.25) is 0 Å². The molecule has 2 fully saturated rings. The highest BCUT2D eigenvalue weighted by Gasteiger charge is 2.42. The van der Waals surface area contributed by atoms with E-state index < -0.39 is 0 Å². The zero-order chi connectivity index (χ0) is 11.0. The first-order valence-corrected chi connectivity index (χ1v) is 6.58. The number of rotatable bonds is 3. The molecule has 2 nitrogen and oxygen atoms in total. The number of fused-ring (bicyclic) bond motifs is 2. The van der Waals surface area contributed by atoms with Crippen molar-refractivity contribution in [2.24, 2.45) is 5.92 Å². The van der Waals surface area contributed by atoms with Crippen molar-refractivity contribution in [3.05, 3.63) is 0 Å². The van der Waals surface area contributed by atoms with Crippen molar-refractivity contribution in [3.63, 3.8) is 0 Å². The highest BCUT2D eigenvalue weighted by Crippen LogP contribution is 2.38. The molecule has 0 aromatic heterocycles. The zero-order valence-corrected chi connectivity index (χ0v) is 10.7. The van der Waals surface area contributed by atoms with Gasteiger partial charge >= 0.3 is 0 Å². The molecular formula is C13H26N2. The minimum atomic E-state index is 0.764. The van der Waals surface area contributed by atoms with Crippen molar-refractivity contribution in [3.8, 4) is 0 Å². The number of nitrogens with one attached hydrogen (secondary N) is 1. The molecule has 2 saturated heterocycles. The Morgan fingerprint density at radius 2 is 1.60 bits per heavy atom. The Labute approximate surface area is 94.4 Å². The highest BCUT2D eigenvalue weighted by molar-refractivity contribution is 4.99. The lowest BCUT2D eigenvalue weighted by molar-refractivity contribution is 0.0582. The summed E-state index contributed by atoms with van der Waals surface area (Å²) in [4.78, 5) is 2.82. The van der Waals surface area contributed by atoms with E-state index in [0.717, 1.165) is 30.1 Å². The van der Waals surface area contributed by atoms with Crippen molar-refractivity contribution < 1.29 is 0 Å². The van der Waals surface area contributed by atoms with E-state index in [1.165, 1.54) is 25.7 Å². The Balaban J connectivity index is 2.04. The van der Waals surface area contributed by atoms with Crippen LogP contribution >= 0.6 is 0 Å². The Bertz CT molecular complexity index is 201. The predicted octanol–water partition coefficient (Wildman–Crippen LogP) is 2.25. The van der Waals surface area contributed by atoms with E-state index in [0.29, 0.717) is 0 Å². The Morgan fingerprint density at radius 1 is 1.07 bits per heavy atom. The summed E-state index contributed by atoms with van der Waals surface area (Å²) in [5, 5.41) is 3.47. The summed E-state index contributed by atoms with van der Waals surface area (Å²) < 4.78 is 0. The highest BCUT2D eigenvalue weighted by atomic mass is 15.3. The van der Waals surface area contributed by atoms with Gasteiger partial charge in [0.05, 0.1) is 0 Å². The summed E-state index contributed by atoms with van der Waals surface area (Å²) in [6.45, 7) is 7.12. The van der Waals surface area contributed by atoms with E-state index in [1.807, 2.05) is 0 Å². The topological polar surface area (TPSA) is 15.3 Å². The molecule has 0 amide bonds. The summed E-state index contributed by atoms with van der Waals surface area (Å²) in [7, 11) is 2.12. The smallest absolute Gasteiger partial charge is 0.0116 e. The first kappa shape index (κ1) is 11.4. The minimum Gasteiger partial charge on any atom is -0.317 e. The van der Waals surface area contributed by atoms with Crippen LogP contribution in [0.5, 0.6) is 0 Å². The van der Waals surface area contributed by atoms with E-state index in [2.05, 4.69) is 38.0 Å². The van der Waals surface area contributed by atoms with Crippen LogP contribution < -0.4 is 5.32 Å². The molecule has 1 N–H and O–H groups in total. The average Bonchev–Trinajstić information content (AvgIpc) is 2.47. The Hall–Kier alpha value is -0.0800. The van der Waals surface area contributed by atoms with Crippen LogP contribution in [0.3, 0.4) is 0 Å². The second kappa shape index (κ2) is 4.42. The van der Waals surface area contributed by atoms with Crippen LogP contribution in [-0.2, 0) is 0 Å². The normalized spacial score (nSPS) is 38.6. The van der Waals surface area contributed by atoms with Crippen molar-refractivity contribution in [1.82, 2.24) is 10.2 Å². The molecule has 0 spiro atoms. The predicted molar refractivity (Wildman–Crippen MR) is 65.0 cm³/mol. The van der Waals surface area contributed by atoms with Crippen LogP contribution in [0.25, 0.3) is 0 Å². The molecule has 3 atom stereocenters. The van der Waals surface area contributed by atoms with Crippen molar-refractivity contribution >= 4 is 0 Å². The lowest BCUT2D eigenvalue weighted by Gasteiger charge is -2.44. The summed E-state index contributed by atoms with van der Waals surface area (Å²) in [5.74, 6) is 0.791. The molecule has 0 aromatic rings. The van der Waals surface area contributed by atoms with Gasteiger partial charge < -0.3 is 5.32 Å². The molecule has 15 heavy (non-hydrogen) atoms. The van der Waals surface area contributed by atoms with Crippen molar-refractivity contribution in [1.29, 1.82) is 0 Å². The second-order valence-electron chi connectivity index (χ2n) is 5.77. The molecule has 0 radical (unpaired) electrons. The molecule has 2 aliphatic rings. The second-order valence-corrected chi connectivity index (χ2v) is 5.77. The fraction of sp³-hybridized carbons (Fsp3) is 1.00. The molecule has 0 aromatic carbocycles. The SMILES string of the molecule is CNC1CC2CCC(C1)N2C(C)C(C)C. The van der Waals surface area contributed by atoms with Crippen LogP contribution in [0.2, 0.25) is 0 Å². The Kier molecular flexibility index (Phi) is 3.36. The fourth-order valence-corrected chi connectivity index (χ4v) is 3.46. The Morgan fingerprint density at radius 3 is 2.00 bits per heavy atom. The molecule has 3 unspecified atom stereocenters. The summed E-state index contributed by atoms with van der Waals surface area (Å²) in [6, 6.07) is 3.26. The van der Waals surface area contributed by atoms with Gasteiger partial charge in [0, 0.05) is 24.2 Å². The maximum Gasteiger partial charge on any atom is 0.0116 e. The van der Waals surface area contributed by atoms with E-state index in [4.69, 9.17) is 0 Å². The number of hydrogen-bond acceptors (Lipinski definition) is 2. The first-order valence-electron chi connectivity index (χ1n) is 6.58. The van der Waals surface area contributed by atoms with E-state index in [-0.39, 0.29) is 0 Å². The molecule has 2 heteroatoms. The van der Waals surface area contributed by atoms with Gasteiger partial charge in [-0.3, -0.25) is 4.90 Å². The molecule has 2 bridgehead atoms. The minimum absolute atomic E-state index is 0.764. The number of piperidine rings is 1. The lowest BCUT2D eigenvalue weighted by atomic mass is 9.93. The van der Waals surface area contributed by atoms with E-state index in [1.54, 1.807) is 0 Å². The molecule has 2 heterocycles. The third-order valence-corrected chi connectivity index (χ3v) is 4.63. The molecule has 2 aliphatic heterocycles. The van der Waals surface area contributed by atoms with Crippen LogP contribution in [0.15, 0.2) is 0 Å². The zero-order valence-electron chi connectivity index (χ0n) is 10.7. The van der Waals surface area contributed by atoms with Gasteiger partial charge in [0.15, 0.2) is 0 Å². The van der Waals surface area contributed by atoms with Crippen LogP contribution in [0.4, 0.5) is 0 Å². The molecule has 0 saturated carbocycles. The van der Waals surface area contributed by atoms with Crippen molar-refractivity contribution in [2.45, 2.75) is 70.6 Å². The standard InChI is InChI=1S/C13H26N2/c1-9(2)10(3)15-12-5-6-13(15)8-11(7-12)14-4/h9-14H,5-8H2,1-4H3. The largest absolute Gasteiger partial charge is 0.317 e. The maximum atomic E-state index is 3.47. The van der Waals surface area contributed by atoms with Gasteiger partial charge in [-0.25, -0.2) is 0 Å². The van der Waals surface area contributed by atoms with Crippen LogP contribution in [-0.4, -0.2) is 36.1 Å². The quantitative estimate of drug-likeness (QED) is 0.768. The summed E-state index contributed by atoms with van der Waals surface area (Å²) in [6.07, 6.45) is 5.59. The fourth-order valence-electron chi connectivity index (χ4n) is 3.46. The third kappa shape index (κ3) is 2.07. The average molecular weight is 210 g/mol. The molecule has 88 valence electrons. The van der Waals surface area contributed by atoms with Crippen LogP contribution in [0, 0.1) is 5.92 Å². The lowest BCUT2D eigenvalue weighted by Crippen LogP contribution is -2.53. The van der Waals surface area contributed by atoms with E-state index >= 15 is 0 Å². The van der Waals surface area contributed by atoms with Crippen LogP contribution in [0.1, 0.15) is 46.5 Å². The molecular weight excluding hydrogens is 184 g/mol. The first-order chi connectivity index (χ1) is 7.13. The van der Waals surface area contributed by atoms with Gasteiger partial charge in [-0.1, -0.05) is 13.8 Å². The van der Waals surface area contributed by atoms with Gasteiger partial charge in [0.25, 0.3) is 0 Å². The maximum absolute atomic E-state index is 3.47. The number of nitrogens with zero attached hydrogens (tertiary/aromatic N) is 1. The van der Waals surface area contributed by atoms with Gasteiger partial charge in [-0.15, -0.1) is 0 Å². The number of hydrogen-bond donors (Lipinski definition) is 1. The van der Waals surface area contributed by atoms with Gasteiger partial charge in [0.1, 0.15) is 0 Å². The van der Waals surface area contributed by atoms with Gasteiger partial charge in [-0.2, -0.15) is 0 Å². The molecule has 0 aliphatic carbocycles.